The van der Waals surface area contributed by atoms with Gasteiger partial charge < -0.3 is 14.6 Å². The quantitative estimate of drug-likeness (QED) is 0.216. The average Bonchev–Trinajstić information content (AvgIpc) is 2.86. The number of ketones is 1. The lowest BCUT2D eigenvalue weighted by atomic mass is 10.1. The maximum Gasteiger partial charge on any atom is 0.185 e. The van der Waals surface area contributed by atoms with Crippen LogP contribution in [-0.4, -0.2) is 23.3 Å². The van der Waals surface area contributed by atoms with Crippen LogP contribution in [0.1, 0.15) is 48.2 Å². The fourth-order valence-electron chi connectivity index (χ4n) is 3.18. The van der Waals surface area contributed by atoms with Crippen LogP contribution >= 0.6 is 0 Å². The van der Waals surface area contributed by atoms with Crippen molar-refractivity contribution in [2.24, 2.45) is 0 Å². The summed E-state index contributed by atoms with van der Waals surface area (Å²) in [5, 5.41) is 12.9. The summed E-state index contributed by atoms with van der Waals surface area (Å²) < 4.78 is 11.9. The average molecular weight is 446 g/mol. The Labute approximate surface area is 195 Å². The van der Waals surface area contributed by atoms with Crippen LogP contribution in [-0.2, 0) is 6.61 Å². The maximum atomic E-state index is 12.5. The minimum Gasteiger partial charge on any atom is -0.489 e. The first-order chi connectivity index (χ1) is 16.1. The third kappa shape index (κ3) is 7.90. The first-order valence-electron chi connectivity index (χ1n) is 11.3. The lowest BCUT2D eigenvalue weighted by Crippen LogP contribution is -2.41. The van der Waals surface area contributed by atoms with E-state index in [1.807, 2.05) is 80.6 Å². The zero-order valence-electron chi connectivity index (χ0n) is 19.1. The molecule has 172 valence electrons. The molecule has 0 radical (unpaired) electrons. The lowest BCUT2D eigenvalue weighted by molar-refractivity contribution is 0.0520. The minimum atomic E-state index is -0.598. The molecule has 0 saturated heterocycles. The molecule has 0 heterocycles. The number of aliphatic hydroxyl groups excluding tert-OH is 1. The number of hydrogen-bond donors (Lipinski definition) is 2. The molecule has 0 fully saturated rings. The van der Waals surface area contributed by atoms with Crippen molar-refractivity contribution in [3.05, 3.63) is 102 Å². The molecule has 0 saturated carbocycles. The predicted octanol–water partition coefficient (Wildman–Crippen LogP) is 5.59. The second-order valence-corrected chi connectivity index (χ2v) is 7.68. The summed E-state index contributed by atoms with van der Waals surface area (Å²) in [6.45, 7) is 4.25. The van der Waals surface area contributed by atoms with Crippen LogP contribution in [0.25, 0.3) is 6.08 Å². The Kier molecular flexibility index (Phi) is 9.24. The van der Waals surface area contributed by atoms with E-state index in [0.717, 1.165) is 17.5 Å². The van der Waals surface area contributed by atoms with E-state index in [-0.39, 0.29) is 12.0 Å². The van der Waals surface area contributed by atoms with Gasteiger partial charge in [-0.05, 0) is 54.3 Å². The highest BCUT2D eigenvalue weighted by atomic mass is 16.5. The molecule has 0 spiro atoms. The Hall–Kier alpha value is -3.41. The standard InChI is InChI=1S/C28H31NO4/c1-3-27(31)29-28(4-2)33-25-15-8-12-22(18-25)20-32-24-14-9-13-23(19-24)26(30)17-16-21-10-6-5-7-11-21/h5-19,27-29,31H,3-4,20H2,1-2H3/b17-16+. The number of ether oxygens (including phenoxy) is 2. The van der Waals surface area contributed by atoms with E-state index in [1.165, 1.54) is 0 Å². The van der Waals surface area contributed by atoms with Gasteiger partial charge >= 0.3 is 0 Å². The molecule has 2 atom stereocenters. The molecule has 2 N–H and O–H groups in total. The number of hydrogen-bond acceptors (Lipinski definition) is 5. The largest absolute Gasteiger partial charge is 0.489 e. The zero-order valence-corrected chi connectivity index (χ0v) is 19.1. The van der Waals surface area contributed by atoms with E-state index in [1.54, 1.807) is 24.3 Å². The van der Waals surface area contributed by atoms with Crippen LogP contribution < -0.4 is 14.8 Å². The van der Waals surface area contributed by atoms with Crippen LogP contribution in [0, 0.1) is 0 Å². The van der Waals surface area contributed by atoms with E-state index in [4.69, 9.17) is 9.47 Å². The van der Waals surface area contributed by atoms with Gasteiger partial charge in [-0.1, -0.05) is 74.5 Å². The maximum absolute atomic E-state index is 12.5. The van der Waals surface area contributed by atoms with Crippen molar-refractivity contribution >= 4 is 11.9 Å². The fraction of sp³-hybridized carbons (Fsp3) is 0.250. The summed E-state index contributed by atoms with van der Waals surface area (Å²) in [6, 6.07) is 24.6. The highest BCUT2D eigenvalue weighted by Gasteiger charge is 2.12. The molecule has 0 amide bonds. The van der Waals surface area contributed by atoms with E-state index in [9.17, 15) is 9.90 Å². The number of benzene rings is 3. The third-order valence-corrected chi connectivity index (χ3v) is 5.06. The summed E-state index contributed by atoms with van der Waals surface area (Å²) in [7, 11) is 0. The zero-order chi connectivity index (χ0) is 23.5. The topological polar surface area (TPSA) is 67.8 Å². The Morgan fingerprint density at radius 2 is 1.70 bits per heavy atom. The van der Waals surface area contributed by atoms with Gasteiger partial charge in [0.05, 0.1) is 0 Å². The molecule has 0 bridgehead atoms. The highest BCUT2D eigenvalue weighted by molar-refractivity contribution is 6.07. The van der Waals surface area contributed by atoms with Gasteiger partial charge in [0.15, 0.2) is 12.0 Å². The summed E-state index contributed by atoms with van der Waals surface area (Å²) in [4.78, 5) is 12.5. The predicted molar refractivity (Wildman–Crippen MR) is 131 cm³/mol. The number of carbonyl (C=O) groups excluding carboxylic acids is 1. The Morgan fingerprint density at radius 1 is 0.939 bits per heavy atom. The normalized spacial score (nSPS) is 12.9. The van der Waals surface area contributed by atoms with E-state index >= 15 is 0 Å². The summed E-state index contributed by atoms with van der Waals surface area (Å²) >= 11 is 0. The van der Waals surface area contributed by atoms with Gasteiger partial charge in [0.25, 0.3) is 0 Å². The Balaban J connectivity index is 1.59. The van der Waals surface area contributed by atoms with Crippen LogP contribution in [0.2, 0.25) is 0 Å². The minimum absolute atomic E-state index is 0.0768. The van der Waals surface area contributed by atoms with Crippen molar-refractivity contribution < 1.29 is 19.4 Å². The van der Waals surface area contributed by atoms with Crippen molar-refractivity contribution in [2.45, 2.75) is 45.8 Å². The van der Waals surface area contributed by atoms with Gasteiger partial charge in [0, 0.05) is 5.56 Å². The number of allylic oxidation sites excluding steroid dienone is 1. The Morgan fingerprint density at radius 3 is 2.45 bits per heavy atom. The van der Waals surface area contributed by atoms with Gasteiger partial charge in [-0.2, -0.15) is 0 Å². The molecule has 5 heteroatoms. The number of rotatable bonds is 12. The molecule has 2 unspecified atom stereocenters. The van der Waals surface area contributed by atoms with Crippen LogP contribution in [0.3, 0.4) is 0 Å². The first-order valence-corrected chi connectivity index (χ1v) is 11.3. The number of carbonyl (C=O) groups is 1. The van der Waals surface area contributed by atoms with Gasteiger partial charge in [0.1, 0.15) is 24.3 Å². The van der Waals surface area contributed by atoms with Gasteiger partial charge in [-0.3, -0.25) is 10.1 Å². The molecule has 33 heavy (non-hydrogen) atoms. The van der Waals surface area contributed by atoms with E-state index < -0.39 is 6.23 Å². The van der Waals surface area contributed by atoms with Crippen molar-refractivity contribution in [3.63, 3.8) is 0 Å². The summed E-state index contributed by atoms with van der Waals surface area (Å²) in [5.41, 5.74) is 2.49. The van der Waals surface area contributed by atoms with Crippen molar-refractivity contribution in [1.82, 2.24) is 5.32 Å². The van der Waals surface area contributed by atoms with Crippen LogP contribution in [0.4, 0.5) is 0 Å². The smallest absolute Gasteiger partial charge is 0.185 e. The van der Waals surface area contributed by atoms with Crippen molar-refractivity contribution in [3.8, 4) is 11.5 Å². The van der Waals surface area contributed by atoms with Gasteiger partial charge in [-0.15, -0.1) is 0 Å². The fourth-order valence-corrected chi connectivity index (χ4v) is 3.18. The molecule has 0 aliphatic heterocycles. The van der Waals surface area contributed by atoms with Gasteiger partial charge in [-0.25, -0.2) is 0 Å². The first kappa shape index (κ1) is 24.2. The third-order valence-electron chi connectivity index (χ3n) is 5.06. The van der Waals surface area contributed by atoms with Crippen molar-refractivity contribution in [2.75, 3.05) is 0 Å². The molecular weight excluding hydrogens is 414 g/mol. The molecule has 0 aliphatic carbocycles. The lowest BCUT2D eigenvalue weighted by Gasteiger charge is -2.22. The molecule has 3 aromatic carbocycles. The molecule has 5 nitrogen and oxygen atoms in total. The second-order valence-electron chi connectivity index (χ2n) is 7.68. The number of nitrogens with one attached hydrogen (secondary N) is 1. The second kappa shape index (κ2) is 12.6. The summed E-state index contributed by atoms with van der Waals surface area (Å²) in [6.07, 6.45) is 3.83. The number of aliphatic hydroxyl groups is 1. The van der Waals surface area contributed by atoms with E-state index in [2.05, 4.69) is 5.32 Å². The van der Waals surface area contributed by atoms with Crippen LogP contribution in [0.5, 0.6) is 11.5 Å². The van der Waals surface area contributed by atoms with Crippen LogP contribution in [0.15, 0.2) is 84.9 Å². The highest BCUT2D eigenvalue weighted by Crippen LogP contribution is 2.20. The monoisotopic (exact) mass is 445 g/mol. The molecule has 3 rings (SSSR count). The van der Waals surface area contributed by atoms with E-state index in [0.29, 0.717) is 30.1 Å². The molecular formula is C28H31NO4. The van der Waals surface area contributed by atoms with Crippen molar-refractivity contribution in [1.29, 1.82) is 0 Å². The Bertz CT molecular complexity index is 1050. The molecule has 3 aromatic rings. The molecule has 0 aromatic heterocycles. The summed E-state index contributed by atoms with van der Waals surface area (Å²) in [5.74, 6) is 1.25. The molecule has 0 aliphatic rings. The van der Waals surface area contributed by atoms with Gasteiger partial charge in [0.2, 0.25) is 0 Å². The SMILES string of the molecule is CCC(O)NC(CC)Oc1cccc(COc2cccc(C(=O)/C=C/c3ccccc3)c2)c1.